The van der Waals surface area contributed by atoms with Crippen LogP contribution in [0, 0.1) is 6.92 Å². The summed E-state index contributed by atoms with van der Waals surface area (Å²) in [5.74, 6) is -0.0344. The van der Waals surface area contributed by atoms with Gasteiger partial charge in [-0.05, 0) is 51.1 Å². The van der Waals surface area contributed by atoms with Crippen LogP contribution in [0.4, 0.5) is 0 Å². The zero-order chi connectivity index (χ0) is 19.9. The van der Waals surface area contributed by atoms with E-state index in [2.05, 4.69) is 32.3 Å². The molecule has 150 valence electrons. The Labute approximate surface area is 170 Å². The Hall–Kier alpha value is -2.12. The van der Waals surface area contributed by atoms with Gasteiger partial charge in [0.05, 0.1) is 6.04 Å². The molecule has 0 spiro atoms. The van der Waals surface area contributed by atoms with E-state index in [0.717, 1.165) is 13.1 Å². The number of aromatic amines is 1. The molecular weight excluding hydrogens is 372 g/mol. The molecule has 1 aromatic carbocycles. The Morgan fingerprint density at radius 2 is 2.00 bits per heavy atom. The summed E-state index contributed by atoms with van der Waals surface area (Å²) in [5, 5.41) is 3.68. The van der Waals surface area contributed by atoms with Crippen molar-refractivity contribution in [3.05, 3.63) is 57.5 Å². The predicted molar refractivity (Wildman–Crippen MR) is 113 cm³/mol. The molecule has 0 radical (unpaired) electrons. The van der Waals surface area contributed by atoms with Crippen LogP contribution in [0.25, 0.3) is 0 Å². The highest BCUT2D eigenvalue weighted by molar-refractivity contribution is 7.98. The third kappa shape index (κ3) is 5.23. The SMILES string of the molecule is CSc1nc(C)c(CCC(=O)NC[C@@H](c2ccccc2)N2CCCC2)c(=O)[nH]1. The highest BCUT2D eigenvalue weighted by atomic mass is 32.2. The molecule has 1 fully saturated rings. The Morgan fingerprint density at radius 1 is 1.29 bits per heavy atom. The molecule has 7 heteroatoms. The summed E-state index contributed by atoms with van der Waals surface area (Å²) in [6.07, 6.45) is 4.96. The third-order valence-electron chi connectivity index (χ3n) is 5.25. The molecule has 0 bridgehead atoms. The Morgan fingerprint density at radius 3 is 2.64 bits per heavy atom. The van der Waals surface area contributed by atoms with Gasteiger partial charge in [-0.25, -0.2) is 4.98 Å². The number of carbonyl (C=O) groups is 1. The van der Waals surface area contributed by atoms with Gasteiger partial charge in [0.1, 0.15) is 0 Å². The normalized spacial score (nSPS) is 15.5. The molecular formula is C21H28N4O2S. The van der Waals surface area contributed by atoms with Crippen LogP contribution in [0.5, 0.6) is 0 Å². The third-order valence-corrected chi connectivity index (χ3v) is 5.83. The van der Waals surface area contributed by atoms with Crippen LogP contribution in [0.3, 0.4) is 0 Å². The van der Waals surface area contributed by atoms with E-state index < -0.39 is 0 Å². The number of hydrogen-bond donors (Lipinski definition) is 2. The number of hydrogen-bond acceptors (Lipinski definition) is 5. The van der Waals surface area contributed by atoms with Gasteiger partial charge >= 0.3 is 0 Å². The van der Waals surface area contributed by atoms with Gasteiger partial charge in [-0.2, -0.15) is 0 Å². The van der Waals surface area contributed by atoms with E-state index in [4.69, 9.17) is 0 Å². The van der Waals surface area contributed by atoms with E-state index in [-0.39, 0.29) is 23.9 Å². The van der Waals surface area contributed by atoms with Crippen LogP contribution in [0.2, 0.25) is 0 Å². The molecule has 1 aromatic heterocycles. The first-order valence-electron chi connectivity index (χ1n) is 9.78. The van der Waals surface area contributed by atoms with E-state index in [9.17, 15) is 9.59 Å². The first-order chi connectivity index (χ1) is 13.6. The minimum atomic E-state index is -0.149. The molecule has 3 rings (SSSR count). The van der Waals surface area contributed by atoms with Crippen LogP contribution < -0.4 is 10.9 Å². The van der Waals surface area contributed by atoms with Crippen molar-refractivity contribution in [1.29, 1.82) is 0 Å². The average Bonchev–Trinajstić information content (AvgIpc) is 3.22. The van der Waals surface area contributed by atoms with Gasteiger partial charge in [-0.1, -0.05) is 42.1 Å². The molecule has 28 heavy (non-hydrogen) atoms. The summed E-state index contributed by atoms with van der Waals surface area (Å²) in [6, 6.07) is 10.5. The van der Waals surface area contributed by atoms with E-state index in [1.807, 2.05) is 31.4 Å². The maximum Gasteiger partial charge on any atom is 0.254 e. The summed E-state index contributed by atoms with van der Waals surface area (Å²) < 4.78 is 0. The van der Waals surface area contributed by atoms with Crippen LogP contribution in [0.15, 0.2) is 40.3 Å². The number of rotatable bonds is 8. The van der Waals surface area contributed by atoms with Crippen molar-refractivity contribution in [1.82, 2.24) is 20.2 Å². The van der Waals surface area contributed by atoms with Gasteiger partial charge in [0.2, 0.25) is 5.91 Å². The number of H-pyrrole nitrogens is 1. The number of amides is 1. The molecule has 0 saturated carbocycles. The van der Waals surface area contributed by atoms with Crippen molar-refractivity contribution < 1.29 is 4.79 Å². The summed E-state index contributed by atoms with van der Waals surface area (Å²) in [6.45, 7) is 4.54. The monoisotopic (exact) mass is 400 g/mol. The number of carbonyl (C=O) groups excluding carboxylic acids is 1. The lowest BCUT2D eigenvalue weighted by Crippen LogP contribution is -2.37. The fourth-order valence-corrected chi connectivity index (χ4v) is 4.12. The van der Waals surface area contributed by atoms with Crippen LogP contribution >= 0.6 is 11.8 Å². The second kappa shape index (κ2) is 9.89. The van der Waals surface area contributed by atoms with E-state index in [1.165, 1.54) is 30.2 Å². The maximum absolute atomic E-state index is 12.4. The molecule has 1 aliphatic heterocycles. The Balaban J connectivity index is 1.59. The second-order valence-electron chi connectivity index (χ2n) is 7.11. The Kier molecular flexibility index (Phi) is 7.28. The largest absolute Gasteiger partial charge is 0.354 e. The molecule has 2 N–H and O–H groups in total. The molecule has 1 aliphatic rings. The fraction of sp³-hybridized carbons (Fsp3) is 0.476. The van der Waals surface area contributed by atoms with E-state index in [0.29, 0.717) is 29.4 Å². The summed E-state index contributed by atoms with van der Waals surface area (Å²) in [5.41, 5.74) is 2.37. The van der Waals surface area contributed by atoms with Gasteiger partial charge < -0.3 is 10.3 Å². The lowest BCUT2D eigenvalue weighted by molar-refractivity contribution is -0.121. The van der Waals surface area contributed by atoms with Gasteiger partial charge in [-0.15, -0.1) is 0 Å². The maximum atomic E-state index is 12.4. The number of likely N-dealkylation sites (tertiary alicyclic amines) is 1. The lowest BCUT2D eigenvalue weighted by atomic mass is 10.1. The summed E-state index contributed by atoms with van der Waals surface area (Å²) in [7, 11) is 0. The molecule has 0 unspecified atom stereocenters. The van der Waals surface area contributed by atoms with E-state index >= 15 is 0 Å². The molecule has 1 saturated heterocycles. The van der Waals surface area contributed by atoms with Gasteiger partial charge in [0.25, 0.3) is 5.56 Å². The van der Waals surface area contributed by atoms with Crippen LogP contribution in [0.1, 0.15) is 42.1 Å². The van der Waals surface area contributed by atoms with Gasteiger partial charge in [0, 0.05) is 24.2 Å². The Bertz CT molecular complexity index is 847. The molecule has 0 aliphatic carbocycles. The molecule has 2 aromatic rings. The molecule has 6 nitrogen and oxygen atoms in total. The number of aromatic nitrogens is 2. The summed E-state index contributed by atoms with van der Waals surface area (Å²) >= 11 is 1.40. The van der Waals surface area contributed by atoms with Crippen molar-refractivity contribution >= 4 is 17.7 Å². The minimum absolute atomic E-state index is 0.0344. The molecule has 1 atom stereocenters. The van der Waals surface area contributed by atoms with Crippen LogP contribution in [-0.4, -0.2) is 46.7 Å². The zero-order valence-electron chi connectivity index (χ0n) is 16.5. The summed E-state index contributed by atoms with van der Waals surface area (Å²) in [4.78, 5) is 34.2. The van der Waals surface area contributed by atoms with Crippen molar-refractivity contribution in [2.75, 3.05) is 25.9 Å². The smallest absolute Gasteiger partial charge is 0.254 e. The number of aryl methyl sites for hydroxylation is 1. The fourth-order valence-electron chi connectivity index (χ4n) is 3.70. The minimum Gasteiger partial charge on any atom is -0.354 e. The lowest BCUT2D eigenvalue weighted by Gasteiger charge is -2.28. The van der Waals surface area contributed by atoms with Crippen molar-refractivity contribution in [3.63, 3.8) is 0 Å². The first-order valence-corrected chi connectivity index (χ1v) is 11.0. The number of thioether (sulfide) groups is 1. The van der Waals surface area contributed by atoms with Crippen molar-refractivity contribution in [2.45, 2.75) is 43.8 Å². The average molecular weight is 401 g/mol. The van der Waals surface area contributed by atoms with Crippen molar-refractivity contribution in [3.8, 4) is 0 Å². The number of nitrogens with one attached hydrogen (secondary N) is 2. The highest BCUT2D eigenvalue weighted by Crippen LogP contribution is 2.24. The van der Waals surface area contributed by atoms with E-state index in [1.54, 1.807) is 0 Å². The molecule has 2 heterocycles. The van der Waals surface area contributed by atoms with Crippen LogP contribution in [-0.2, 0) is 11.2 Å². The quantitative estimate of drug-likeness (QED) is 0.526. The zero-order valence-corrected chi connectivity index (χ0v) is 17.3. The van der Waals surface area contributed by atoms with Gasteiger partial charge in [0.15, 0.2) is 5.16 Å². The molecule has 1 amide bonds. The van der Waals surface area contributed by atoms with Crippen molar-refractivity contribution in [2.24, 2.45) is 0 Å². The topological polar surface area (TPSA) is 78.1 Å². The first kappa shape index (κ1) is 20.6. The predicted octanol–water partition coefficient (Wildman–Crippen LogP) is 2.69. The number of nitrogens with zero attached hydrogens (tertiary/aromatic N) is 2. The second-order valence-corrected chi connectivity index (χ2v) is 7.91. The number of benzene rings is 1. The van der Waals surface area contributed by atoms with Gasteiger partial charge in [-0.3, -0.25) is 14.5 Å². The highest BCUT2D eigenvalue weighted by Gasteiger charge is 2.23. The standard InChI is InChI=1S/C21H28N4O2S/c1-15-17(20(27)24-21(23-15)28-2)10-11-19(26)22-14-18(25-12-6-7-13-25)16-8-4-3-5-9-16/h3-5,8-9,18H,6-7,10-14H2,1-2H3,(H,22,26)(H,23,24,27)/t18-/m0/s1.